The van der Waals surface area contributed by atoms with Gasteiger partial charge in [-0.3, -0.25) is 0 Å². The molecule has 0 saturated heterocycles. The molecule has 1 aromatic carbocycles. The van der Waals surface area contributed by atoms with Gasteiger partial charge in [0, 0.05) is 16.2 Å². The summed E-state index contributed by atoms with van der Waals surface area (Å²) in [4.78, 5) is 1.19. The van der Waals surface area contributed by atoms with E-state index in [0.29, 0.717) is 0 Å². The van der Waals surface area contributed by atoms with E-state index in [-0.39, 0.29) is 17.4 Å². The fraction of sp³-hybridized carbons (Fsp3) is 0.538. The molecule has 0 fully saturated rings. The van der Waals surface area contributed by atoms with Crippen LogP contribution in [0.1, 0.15) is 38.8 Å². The molecule has 0 spiro atoms. The van der Waals surface area contributed by atoms with E-state index in [1.165, 1.54) is 10.5 Å². The van der Waals surface area contributed by atoms with Crippen molar-refractivity contribution in [1.82, 2.24) is 0 Å². The van der Waals surface area contributed by atoms with E-state index in [1.807, 2.05) is 26.0 Å². The number of benzene rings is 1. The molecule has 1 aromatic rings. The minimum absolute atomic E-state index is 0.0879. The first-order chi connectivity index (χ1) is 7.56. The third-order valence-corrected chi connectivity index (χ3v) is 4.14. The highest BCUT2D eigenvalue weighted by atomic mass is 32.2. The molecule has 0 aromatic heterocycles. The minimum atomic E-state index is -0.309. The second-order valence-electron chi connectivity index (χ2n) is 4.12. The van der Waals surface area contributed by atoms with Gasteiger partial charge in [0.15, 0.2) is 0 Å². The number of hydrogen-bond donors (Lipinski definition) is 2. The Labute approximate surface area is 102 Å². The maximum absolute atomic E-state index is 9.52. The Morgan fingerprint density at radius 2 is 1.94 bits per heavy atom. The first-order valence-electron chi connectivity index (χ1n) is 5.75. The largest absolute Gasteiger partial charge is 0.392 e. The smallest absolute Gasteiger partial charge is 0.0631 e. The van der Waals surface area contributed by atoms with Gasteiger partial charge in [-0.05, 0) is 25.0 Å². The van der Waals surface area contributed by atoms with Gasteiger partial charge in [0.05, 0.1) is 6.10 Å². The summed E-state index contributed by atoms with van der Waals surface area (Å²) < 4.78 is 0. The van der Waals surface area contributed by atoms with E-state index in [4.69, 9.17) is 5.73 Å². The lowest BCUT2D eigenvalue weighted by atomic mass is 10.1. The number of nitrogens with two attached hydrogens (primary N) is 1. The highest BCUT2D eigenvalue weighted by molar-refractivity contribution is 8.00. The zero-order valence-electron chi connectivity index (χ0n) is 10.2. The van der Waals surface area contributed by atoms with Crippen molar-refractivity contribution in [1.29, 1.82) is 0 Å². The zero-order chi connectivity index (χ0) is 12.1. The lowest BCUT2D eigenvalue weighted by Gasteiger charge is -2.19. The molecule has 0 heterocycles. The summed E-state index contributed by atoms with van der Waals surface area (Å²) in [5.74, 6) is 0. The first-order valence-corrected chi connectivity index (χ1v) is 6.63. The van der Waals surface area contributed by atoms with E-state index < -0.39 is 0 Å². The van der Waals surface area contributed by atoms with Crippen LogP contribution in [0.25, 0.3) is 0 Å². The molecule has 0 radical (unpaired) electrons. The monoisotopic (exact) mass is 239 g/mol. The van der Waals surface area contributed by atoms with Crippen LogP contribution in [-0.4, -0.2) is 16.5 Å². The third kappa shape index (κ3) is 3.51. The summed E-state index contributed by atoms with van der Waals surface area (Å²) in [5, 5.41) is 9.70. The summed E-state index contributed by atoms with van der Waals surface area (Å²) in [7, 11) is 0. The van der Waals surface area contributed by atoms with Crippen molar-refractivity contribution < 1.29 is 5.11 Å². The molecule has 3 atom stereocenters. The van der Waals surface area contributed by atoms with E-state index in [2.05, 4.69) is 19.1 Å². The molecule has 16 heavy (non-hydrogen) atoms. The maximum Gasteiger partial charge on any atom is 0.0631 e. The SMILES string of the molecule is CCC(N)c1ccccc1SC(C)C(C)O. The van der Waals surface area contributed by atoms with Crippen molar-refractivity contribution in [3.8, 4) is 0 Å². The third-order valence-electron chi connectivity index (χ3n) is 2.75. The fourth-order valence-corrected chi connectivity index (χ4v) is 2.52. The van der Waals surface area contributed by atoms with E-state index in [0.717, 1.165) is 6.42 Å². The van der Waals surface area contributed by atoms with Gasteiger partial charge < -0.3 is 10.8 Å². The molecule has 0 amide bonds. The van der Waals surface area contributed by atoms with Crippen LogP contribution in [0.2, 0.25) is 0 Å². The van der Waals surface area contributed by atoms with Crippen LogP contribution in [0.3, 0.4) is 0 Å². The molecular weight excluding hydrogens is 218 g/mol. The lowest BCUT2D eigenvalue weighted by Crippen LogP contribution is -2.16. The van der Waals surface area contributed by atoms with Gasteiger partial charge in [0.1, 0.15) is 0 Å². The fourth-order valence-electron chi connectivity index (χ4n) is 1.41. The van der Waals surface area contributed by atoms with Gasteiger partial charge in [-0.25, -0.2) is 0 Å². The highest BCUT2D eigenvalue weighted by Crippen LogP contribution is 2.31. The predicted octanol–water partition coefficient (Wildman–Crippen LogP) is 2.96. The predicted molar refractivity (Wildman–Crippen MR) is 70.7 cm³/mol. The summed E-state index contributed by atoms with van der Waals surface area (Å²) >= 11 is 1.69. The normalized spacial score (nSPS) is 16.8. The number of aliphatic hydroxyl groups is 1. The lowest BCUT2D eigenvalue weighted by molar-refractivity contribution is 0.196. The number of hydrogen-bond acceptors (Lipinski definition) is 3. The van der Waals surface area contributed by atoms with E-state index in [1.54, 1.807) is 11.8 Å². The average molecular weight is 239 g/mol. The van der Waals surface area contributed by atoms with Gasteiger partial charge >= 0.3 is 0 Å². The van der Waals surface area contributed by atoms with Crippen LogP contribution < -0.4 is 5.73 Å². The standard InChI is InChI=1S/C13H21NOS/c1-4-12(14)11-7-5-6-8-13(11)16-10(3)9(2)15/h5-10,12,15H,4,14H2,1-3H3. The Morgan fingerprint density at radius 3 is 2.50 bits per heavy atom. The Bertz CT molecular complexity index is 327. The van der Waals surface area contributed by atoms with Gasteiger partial charge in [0.2, 0.25) is 0 Å². The van der Waals surface area contributed by atoms with Crippen LogP contribution in [0.15, 0.2) is 29.2 Å². The molecule has 1 rings (SSSR count). The molecule has 3 N–H and O–H groups in total. The first kappa shape index (κ1) is 13.6. The second kappa shape index (κ2) is 6.28. The molecule has 90 valence electrons. The number of rotatable bonds is 5. The molecule has 0 saturated carbocycles. The molecule has 3 heteroatoms. The Hall–Kier alpha value is -0.510. The highest BCUT2D eigenvalue weighted by Gasteiger charge is 2.14. The average Bonchev–Trinajstić information content (AvgIpc) is 2.28. The van der Waals surface area contributed by atoms with Gasteiger partial charge in [0.25, 0.3) is 0 Å². The van der Waals surface area contributed by atoms with E-state index >= 15 is 0 Å². The van der Waals surface area contributed by atoms with Gasteiger partial charge in [-0.15, -0.1) is 11.8 Å². The van der Waals surface area contributed by atoms with Gasteiger partial charge in [-0.2, -0.15) is 0 Å². The molecule has 0 aliphatic rings. The summed E-state index contributed by atoms with van der Waals surface area (Å²) in [6, 6.07) is 8.27. The van der Waals surface area contributed by atoms with Crippen molar-refractivity contribution in [3.63, 3.8) is 0 Å². The Kier molecular flexibility index (Phi) is 5.32. The summed E-state index contributed by atoms with van der Waals surface area (Å²) in [5.41, 5.74) is 7.25. The second-order valence-corrected chi connectivity index (χ2v) is 5.54. The van der Waals surface area contributed by atoms with Crippen LogP contribution in [-0.2, 0) is 0 Å². The number of thioether (sulfide) groups is 1. The van der Waals surface area contributed by atoms with Crippen LogP contribution >= 0.6 is 11.8 Å². The number of aliphatic hydroxyl groups excluding tert-OH is 1. The molecule has 0 aliphatic carbocycles. The molecule has 0 bridgehead atoms. The summed E-state index contributed by atoms with van der Waals surface area (Å²) in [6.07, 6.45) is 0.622. The Morgan fingerprint density at radius 1 is 1.31 bits per heavy atom. The maximum atomic E-state index is 9.52. The van der Waals surface area contributed by atoms with Crippen molar-refractivity contribution >= 4 is 11.8 Å². The topological polar surface area (TPSA) is 46.2 Å². The zero-order valence-corrected chi connectivity index (χ0v) is 11.0. The molecule has 2 nitrogen and oxygen atoms in total. The molecule has 0 aliphatic heterocycles. The minimum Gasteiger partial charge on any atom is -0.392 e. The Balaban J connectivity index is 2.86. The quantitative estimate of drug-likeness (QED) is 0.777. The van der Waals surface area contributed by atoms with Crippen LogP contribution in [0.5, 0.6) is 0 Å². The van der Waals surface area contributed by atoms with E-state index in [9.17, 15) is 5.11 Å². The van der Waals surface area contributed by atoms with Crippen molar-refractivity contribution in [2.45, 2.75) is 49.5 Å². The van der Waals surface area contributed by atoms with Crippen molar-refractivity contribution in [2.24, 2.45) is 5.73 Å². The van der Waals surface area contributed by atoms with Crippen molar-refractivity contribution in [2.75, 3.05) is 0 Å². The van der Waals surface area contributed by atoms with Crippen LogP contribution in [0.4, 0.5) is 0 Å². The summed E-state index contributed by atoms with van der Waals surface area (Å²) in [6.45, 7) is 5.94. The van der Waals surface area contributed by atoms with Gasteiger partial charge in [-0.1, -0.05) is 32.0 Å². The molecule has 3 unspecified atom stereocenters. The van der Waals surface area contributed by atoms with Crippen LogP contribution in [0, 0.1) is 0 Å². The van der Waals surface area contributed by atoms with Crippen molar-refractivity contribution in [3.05, 3.63) is 29.8 Å². The molecular formula is C13H21NOS.